The van der Waals surface area contributed by atoms with Gasteiger partial charge in [-0.1, -0.05) is 47.4 Å². The molecule has 2 amide bonds. The zero-order valence-corrected chi connectivity index (χ0v) is 23.7. The van der Waals surface area contributed by atoms with E-state index >= 15 is 0 Å². The zero-order chi connectivity index (χ0) is 30.7. The number of halogens is 3. The Morgan fingerprint density at radius 1 is 1.07 bits per heavy atom. The lowest BCUT2D eigenvalue weighted by atomic mass is 10.1. The Balaban J connectivity index is 1.38. The van der Waals surface area contributed by atoms with E-state index in [0.29, 0.717) is 5.13 Å². The standard InChI is InChI=1S/C27H20F3N7O4S2/c1-15-18(8-5-10-20(15)37(40)41)24(39)31-13-22-34-35-26(36(22)17-7-4-6-16(12-17)27(28,29)30)42-14-23(38)33-25-32-19-9-2-3-11-21(19)43-25/h2-12H,13-14H2,1H3,(H,31,39)(H,32,33,38). The molecule has 0 aliphatic carbocycles. The van der Waals surface area contributed by atoms with Crippen molar-refractivity contribution in [2.75, 3.05) is 11.1 Å². The molecule has 0 fully saturated rings. The number of aromatic nitrogens is 4. The van der Waals surface area contributed by atoms with E-state index in [4.69, 9.17) is 0 Å². The van der Waals surface area contributed by atoms with Gasteiger partial charge in [-0.2, -0.15) is 13.2 Å². The smallest absolute Gasteiger partial charge is 0.345 e. The molecule has 16 heteroatoms. The lowest BCUT2D eigenvalue weighted by Gasteiger charge is -2.14. The number of carbonyl (C=O) groups excluding carboxylic acids is 2. The van der Waals surface area contributed by atoms with Gasteiger partial charge in [0.2, 0.25) is 5.91 Å². The Hall–Kier alpha value is -4.83. The molecule has 2 aromatic heterocycles. The number of fused-ring (bicyclic) bond motifs is 1. The van der Waals surface area contributed by atoms with E-state index in [1.54, 1.807) is 0 Å². The Kier molecular flexibility index (Phi) is 8.40. The molecule has 11 nitrogen and oxygen atoms in total. The molecule has 0 bridgehead atoms. The van der Waals surface area contributed by atoms with Gasteiger partial charge >= 0.3 is 6.18 Å². The summed E-state index contributed by atoms with van der Waals surface area (Å²) < 4.78 is 42.7. The van der Waals surface area contributed by atoms with Crippen molar-refractivity contribution in [3.63, 3.8) is 0 Å². The average Bonchev–Trinajstić information content (AvgIpc) is 3.57. The second-order valence-electron chi connectivity index (χ2n) is 9.00. The van der Waals surface area contributed by atoms with Crippen molar-refractivity contribution in [1.29, 1.82) is 0 Å². The number of para-hydroxylation sites is 1. The predicted molar refractivity (Wildman–Crippen MR) is 154 cm³/mol. The van der Waals surface area contributed by atoms with Crippen LogP contribution in [-0.2, 0) is 17.5 Å². The molecule has 0 aliphatic rings. The minimum absolute atomic E-state index is 0.0560. The van der Waals surface area contributed by atoms with Gasteiger partial charge in [-0.25, -0.2) is 4.98 Å². The van der Waals surface area contributed by atoms with E-state index in [1.165, 1.54) is 53.2 Å². The predicted octanol–water partition coefficient (Wildman–Crippen LogP) is 5.77. The van der Waals surface area contributed by atoms with Gasteiger partial charge < -0.3 is 10.6 Å². The highest BCUT2D eigenvalue weighted by Gasteiger charge is 2.31. The number of nitrogens with one attached hydrogen (secondary N) is 2. The Bertz CT molecular complexity index is 1820. The molecule has 43 heavy (non-hydrogen) atoms. The van der Waals surface area contributed by atoms with E-state index in [-0.39, 0.29) is 45.8 Å². The fourth-order valence-corrected chi connectivity index (χ4v) is 5.77. The molecular formula is C27H20F3N7O4S2. The van der Waals surface area contributed by atoms with Gasteiger partial charge in [-0.05, 0) is 43.3 Å². The van der Waals surface area contributed by atoms with Gasteiger partial charge in [0, 0.05) is 17.2 Å². The third-order valence-corrected chi connectivity index (χ3v) is 8.04. The molecule has 0 saturated carbocycles. The number of thiazole rings is 1. The second-order valence-corrected chi connectivity index (χ2v) is 11.0. The number of benzene rings is 3. The number of hydrogen-bond acceptors (Lipinski definition) is 9. The third-order valence-electron chi connectivity index (χ3n) is 6.16. The van der Waals surface area contributed by atoms with Crippen LogP contribution < -0.4 is 10.6 Å². The van der Waals surface area contributed by atoms with Crippen LogP contribution in [0.5, 0.6) is 0 Å². The number of nitro groups is 1. The van der Waals surface area contributed by atoms with Crippen LogP contribution in [0, 0.1) is 17.0 Å². The van der Waals surface area contributed by atoms with Crippen LogP contribution in [0.3, 0.4) is 0 Å². The van der Waals surface area contributed by atoms with Crippen molar-refractivity contribution in [2.24, 2.45) is 0 Å². The van der Waals surface area contributed by atoms with Gasteiger partial charge in [-0.3, -0.25) is 24.3 Å². The number of rotatable bonds is 9. The summed E-state index contributed by atoms with van der Waals surface area (Å²) in [5.41, 5.74) is -0.148. The molecule has 0 radical (unpaired) electrons. The van der Waals surface area contributed by atoms with Crippen molar-refractivity contribution in [3.05, 3.63) is 99.4 Å². The van der Waals surface area contributed by atoms with Crippen LogP contribution in [0.25, 0.3) is 15.9 Å². The van der Waals surface area contributed by atoms with E-state index in [1.807, 2.05) is 24.3 Å². The first-order chi connectivity index (χ1) is 20.5. The van der Waals surface area contributed by atoms with Crippen molar-refractivity contribution in [2.45, 2.75) is 24.8 Å². The Morgan fingerprint density at radius 3 is 2.58 bits per heavy atom. The molecule has 220 valence electrons. The van der Waals surface area contributed by atoms with Gasteiger partial charge in [0.1, 0.15) is 0 Å². The van der Waals surface area contributed by atoms with Crippen LogP contribution in [0.4, 0.5) is 24.0 Å². The summed E-state index contributed by atoms with van der Waals surface area (Å²) in [5, 5.41) is 25.2. The molecular weight excluding hydrogens is 607 g/mol. The minimum Gasteiger partial charge on any atom is -0.345 e. The van der Waals surface area contributed by atoms with Crippen LogP contribution in [0.15, 0.2) is 71.9 Å². The molecule has 3 aromatic carbocycles. The van der Waals surface area contributed by atoms with E-state index in [0.717, 1.165) is 34.1 Å². The number of alkyl halides is 3. The van der Waals surface area contributed by atoms with Crippen molar-refractivity contribution in [3.8, 4) is 5.69 Å². The maximum absolute atomic E-state index is 13.5. The van der Waals surface area contributed by atoms with Gasteiger partial charge in [0.25, 0.3) is 11.6 Å². The van der Waals surface area contributed by atoms with Crippen molar-refractivity contribution < 1.29 is 27.7 Å². The van der Waals surface area contributed by atoms with Crippen molar-refractivity contribution in [1.82, 2.24) is 25.1 Å². The maximum atomic E-state index is 13.5. The summed E-state index contributed by atoms with van der Waals surface area (Å²) >= 11 is 2.23. The molecule has 0 unspecified atom stereocenters. The maximum Gasteiger partial charge on any atom is 0.416 e. The van der Waals surface area contributed by atoms with E-state index < -0.39 is 28.5 Å². The molecule has 0 atom stereocenters. The number of nitrogens with zero attached hydrogens (tertiary/aromatic N) is 5. The molecule has 2 heterocycles. The number of thioether (sulfide) groups is 1. The van der Waals surface area contributed by atoms with Crippen LogP contribution in [-0.4, -0.2) is 42.2 Å². The second kappa shape index (κ2) is 12.2. The highest BCUT2D eigenvalue weighted by atomic mass is 32.2. The molecule has 2 N–H and O–H groups in total. The highest BCUT2D eigenvalue weighted by molar-refractivity contribution is 7.99. The first kappa shape index (κ1) is 29.7. The number of anilines is 1. The average molecular weight is 628 g/mol. The van der Waals surface area contributed by atoms with Crippen LogP contribution in [0.2, 0.25) is 0 Å². The van der Waals surface area contributed by atoms with Crippen LogP contribution in [0.1, 0.15) is 27.3 Å². The monoisotopic (exact) mass is 627 g/mol. The first-order valence-electron chi connectivity index (χ1n) is 12.4. The summed E-state index contributed by atoms with van der Waals surface area (Å²) in [7, 11) is 0. The quantitative estimate of drug-likeness (QED) is 0.119. The lowest BCUT2D eigenvalue weighted by Crippen LogP contribution is -2.25. The van der Waals surface area contributed by atoms with Gasteiger partial charge in [-0.15, -0.1) is 10.2 Å². The largest absolute Gasteiger partial charge is 0.416 e. The number of nitro benzene ring substituents is 1. The molecule has 0 spiro atoms. The summed E-state index contributed by atoms with van der Waals surface area (Å²) in [6, 6.07) is 15.9. The topological polar surface area (TPSA) is 145 Å². The summed E-state index contributed by atoms with van der Waals surface area (Å²) in [4.78, 5) is 40.6. The summed E-state index contributed by atoms with van der Waals surface area (Å²) in [5.74, 6) is -1.15. The van der Waals surface area contributed by atoms with Crippen molar-refractivity contribution >= 4 is 55.9 Å². The van der Waals surface area contributed by atoms with Gasteiger partial charge in [0.05, 0.1) is 38.7 Å². The van der Waals surface area contributed by atoms with Gasteiger partial charge in [0.15, 0.2) is 16.1 Å². The third kappa shape index (κ3) is 6.65. The highest BCUT2D eigenvalue weighted by Crippen LogP contribution is 2.32. The number of hydrogen-bond donors (Lipinski definition) is 2. The van der Waals surface area contributed by atoms with E-state index in [9.17, 15) is 32.9 Å². The lowest BCUT2D eigenvalue weighted by molar-refractivity contribution is -0.385. The molecule has 5 aromatic rings. The normalized spacial score (nSPS) is 11.4. The summed E-state index contributed by atoms with van der Waals surface area (Å²) in [6.45, 7) is 1.16. The minimum atomic E-state index is -4.62. The SMILES string of the molecule is Cc1c(C(=O)NCc2nnc(SCC(=O)Nc3nc4ccccc4s3)n2-c2cccc(C(F)(F)F)c2)cccc1[N+](=O)[O-]. The fourth-order valence-electron chi connectivity index (χ4n) is 4.12. The molecule has 0 aliphatic heterocycles. The fraction of sp³-hybridized carbons (Fsp3) is 0.148. The molecule has 5 rings (SSSR count). The van der Waals surface area contributed by atoms with Crippen LogP contribution >= 0.6 is 23.1 Å². The number of carbonyl (C=O) groups is 2. The Labute approximate surface area is 249 Å². The molecule has 0 saturated heterocycles. The van der Waals surface area contributed by atoms with E-state index in [2.05, 4.69) is 25.8 Å². The summed E-state index contributed by atoms with van der Waals surface area (Å²) in [6.07, 6.45) is -4.62. The zero-order valence-electron chi connectivity index (χ0n) is 22.1. The first-order valence-corrected chi connectivity index (χ1v) is 14.2. The number of amides is 2. The Morgan fingerprint density at radius 2 is 1.84 bits per heavy atom.